The average Bonchev–Trinajstić information content (AvgIpc) is 2.52. The number of fused-ring (bicyclic) bond motifs is 1. The van der Waals surface area contributed by atoms with Crippen LogP contribution >= 0.6 is 11.6 Å². The van der Waals surface area contributed by atoms with Crippen LogP contribution < -0.4 is 15.0 Å². The van der Waals surface area contributed by atoms with E-state index in [2.05, 4.69) is 5.32 Å². The first-order valence-electron chi connectivity index (χ1n) is 6.81. The second-order valence-electron chi connectivity index (χ2n) is 4.91. The van der Waals surface area contributed by atoms with Gasteiger partial charge in [-0.1, -0.05) is 23.7 Å². The molecule has 5 nitrogen and oxygen atoms in total. The molecule has 0 bridgehead atoms. The highest BCUT2D eigenvalue weighted by molar-refractivity contribution is 6.31. The molecule has 0 fully saturated rings. The lowest BCUT2D eigenvalue weighted by Crippen LogP contribution is -2.43. The molecular weight excluding hydrogens is 323 g/mol. The summed E-state index contributed by atoms with van der Waals surface area (Å²) in [5.74, 6) is -0.980. The van der Waals surface area contributed by atoms with E-state index in [0.717, 1.165) is 0 Å². The van der Waals surface area contributed by atoms with Gasteiger partial charge >= 0.3 is 0 Å². The minimum atomic E-state index is -0.540. The summed E-state index contributed by atoms with van der Waals surface area (Å²) in [5, 5.41) is 2.91. The summed E-state index contributed by atoms with van der Waals surface area (Å²) in [5.41, 5.74) is 0.517. The Kier molecular flexibility index (Phi) is 4.16. The fraction of sp³-hybridized carbons (Fsp3) is 0.125. The Morgan fingerprint density at radius 2 is 2.09 bits per heavy atom. The first-order valence-corrected chi connectivity index (χ1v) is 7.19. The fourth-order valence-electron chi connectivity index (χ4n) is 2.25. The van der Waals surface area contributed by atoms with E-state index in [1.165, 1.54) is 23.1 Å². The number of halogens is 2. The number of nitrogens with one attached hydrogen (secondary N) is 1. The molecule has 1 aliphatic rings. The second-order valence-corrected chi connectivity index (χ2v) is 5.35. The Morgan fingerprint density at radius 1 is 1.30 bits per heavy atom. The third-order valence-corrected chi connectivity index (χ3v) is 3.55. The number of carbonyl (C=O) groups excluding carboxylic acids is 2. The Hall–Kier alpha value is -2.60. The van der Waals surface area contributed by atoms with E-state index in [0.29, 0.717) is 16.5 Å². The van der Waals surface area contributed by atoms with Crippen molar-refractivity contribution in [1.29, 1.82) is 0 Å². The van der Waals surface area contributed by atoms with Crippen LogP contribution in [0.15, 0.2) is 42.5 Å². The molecule has 1 aliphatic heterocycles. The molecule has 2 aromatic carbocycles. The molecule has 0 aromatic heterocycles. The molecule has 0 spiro atoms. The average molecular weight is 335 g/mol. The number of carbonyl (C=O) groups is 2. The molecule has 2 aromatic rings. The van der Waals surface area contributed by atoms with Crippen LogP contribution in [0.25, 0.3) is 0 Å². The Bertz CT molecular complexity index is 782. The number of amides is 2. The van der Waals surface area contributed by atoms with Gasteiger partial charge in [-0.15, -0.1) is 0 Å². The maximum Gasteiger partial charge on any atom is 0.265 e. The standard InChI is InChI=1S/C16H12ClFN2O3/c17-10-5-6-13-14(7-10)23-9-16(22)20(13)8-15(21)19-12-4-2-1-3-11(12)18/h1-7H,8-9H2,(H,19,21). The van der Waals surface area contributed by atoms with Crippen LogP contribution in [0.1, 0.15) is 0 Å². The van der Waals surface area contributed by atoms with E-state index in [1.807, 2.05) is 0 Å². The van der Waals surface area contributed by atoms with E-state index in [4.69, 9.17) is 16.3 Å². The van der Waals surface area contributed by atoms with Gasteiger partial charge in [-0.2, -0.15) is 0 Å². The van der Waals surface area contributed by atoms with E-state index in [9.17, 15) is 14.0 Å². The lowest BCUT2D eigenvalue weighted by Gasteiger charge is -2.28. The van der Waals surface area contributed by atoms with Crippen molar-refractivity contribution in [2.24, 2.45) is 0 Å². The van der Waals surface area contributed by atoms with Crippen molar-refractivity contribution < 1.29 is 18.7 Å². The molecule has 118 valence electrons. The Labute approximate surface area is 136 Å². The predicted molar refractivity (Wildman–Crippen MR) is 84.3 cm³/mol. The zero-order chi connectivity index (χ0) is 16.4. The van der Waals surface area contributed by atoms with Crippen molar-refractivity contribution >= 4 is 34.8 Å². The van der Waals surface area contributed by atoms with Gasteiger partial charge in [-0.25, -0.2) is 4.39 Å². The minimum Gasteiger partial charge on any atom is -0.482 e. The molecule has 1 N–H and O–H groups in total. The van der Waals surface area contributed by atoms with Gasteiger partial charge in [0.15, 0.2) is 6.61 Å². The summed E-state index contributed by atoms with van der Waals surface area (Å²) in [6.07, 6.45) is 0. The van der Waals surface area contributed by atoms with Gasteiger partial charge in [0.05, 0.1) is 11.4 Å². The van der Waals surface area contributed by atoms with Crippen LogP contribution in [0.3, 0.4) is 0 Å². The molecule has 7 heteroatoms. The Morgan fingerprint density at radius 3 is 2.87 bits per heavy atom. The van der Waals surface area contributed by atoms with Crippen LogP contribution in [0.5, 0.6) is 5.75 Å². The molecule has 0 radical (unpaired) electrons. The molecule has 0 unspecified atom stereocenters. The molecule has 0 saturated carbocycles. The number of anilines is 2. The fourth-order valence-corrected chi connectivity index (χ4v) is 2.41. The number of benzene rings is 2. The van der Waals surface area contributed by atoms with Gasteiger partial charge in [-0.05, 0) is 24.3 Å². The van der Waals surface area contributed by atoms with E-state index in [1.54, 1.807) is 24.3 Å². The van der Waals surface area contributed by atoms with Gasteiger partial charge in [0.1, 0.15) is 18.1 Å². The molecule has 0 atom stereocenters. The van der Waals surface area contributed by atoms with Crippen molar-refractivity contribution in [3.8, 4) is 5.75 Å². The third kappa shape index (κ3) is 3.27. The Balaban J connectivity index is 1.78. The molecular formula is C16H12ClFN2O3. The van der Waals surface area contributed by atoms with Crippen LogP contribution in [-0.4, -0.2) is 25.0 Å². The first kappa shape index (κ1) is 15.3. The van der Waals surface area contributed by atoms with Gasteiger partial charge in [0.2, 0.25) is 5.91 Å². The quantitative estimate of drug-likeness (QED) is 0.939. The number of ether oxygens (including phenoxy) is 1. The molecule has 1 heterocycles. The maximum absolute atomic E-state index is 13.6. The maximum atomic E-state index is 13.6. The minimum absolute atomic E-state index is 0.0644. The van der Waals surface area contributed by atoms with Gasteiger partial charge < -0.3 is 10.1 Å². The summed E-state index contributed by atoms with van der Waals surface area (Å²) < 4.78 is 18.9. The lowest BCUT2D eigenvalue weighted by atomic mass is 10.2. The monoisotopic (exact) mass is 334 g/mol. The van der Waals surface area contributed by atoms with Crippen LogP contribution in [-0.2, 0) is 9.59 Å². The van der Waals surface area contributed by atoms with Crippen molar-refractivity contribution in [2.45, 2.75) is 0 Å². The van der Waals surface area contributed by atoms with Crippen molar-refractivity contribution in [1.82, 2.24) is 0 Å². The topological polar surface area (TPSA) is 58.6 Å². The summed E-state index contributed by atoms with van der Waals surface area (Å²) in [4.78, 5) is 25.4. The molecule has 0 saturated heterocycles. The van der Waals surface area contributed by atoms with Crippen LogP contribution in [0.4, 0.5) is 15.8 Å². The largest absolute Gasteiger partial charge is 0.482 e. The molecule has 3 rings (SSSR count). The first-order chi connectivity index (χ1) is 11.0. The third-order valence-electron chi connectivity index (χ3n) is 3.31. The number of hydrogen-bond acceptors (Lipinski definition) is 3. The van der Waals surface area contributed by atoms with Gasteiger partial charge in [0, 0.05) is 11.1 Å². The normalized spacial score (nSPS) is 13.3. The van der Waals surface area contributed by atoms with Crippen molar-refractivity contribution in [3.05, 3.63) is 53.3 Å². The number of rotatable bonds is 3. The number of para-hydroxylation sites is 1. The summed E-state index contributed by atoms with van der Waals surface area (Å²) in [7, 11) is 0. The van der Waals surface area contributed by atoms with Gasteiger partial charge in [0.25, 0.3) is 5.91 Å². The number of nitrogens with zero attached hydrogens (tertiary/aromatic N) is 1. The highest BCUT2D eigenvalue weighted by atomic mass is 35.5. The SMILES string of the molecule is O=C(CN1C(=O)COc2cc(Cl)ccc21)Nc1ccccc1F. The predicted octanol–water partition coefficient (Wildman–Crippen LogP) is 2.84. The highest BCUT2D eigenvalue weighted by Gasteiger charge is 2.27. The van der Waals surface area contributed by atoms with Crippen molar-refractivity contribution in [3.63, 3.8) is 0 Å². The number of hydrogen-bond donors (Lipinski definition) is 1. The summed E-state index contributed by atoms with van der Waals surface area (Å²) in [6.45, 7) is -0.425. The zero-order valence-electron chi connectivity index (χ0n) is 11.9. The smallest absolute Gasteiger partial charge is 0.265 e. The summed E-state index contributed by atoms with van der Waals surface area (Å²) in [6, 6.07) is 10.6. The molecule has 0 aliphatic carbocycles. The highest BCUT2D eigenvalue weighted by Crippen LogP contribution is 2.34. The zero-order valence-corrected chi connectivity index (χ0v) is 12.6. The molecule has 2 amide bonds. The van der Waals surface area contributed by atoms with E-state index < -0.39 is 11.7 Å². The van der Waals surface area contributed by atoms with Crippen LogP contribution in [0, 0.1) is 5.82 Å². The van der Waals surface area contributed by atoms with E-state index in [-0.39, 0.29) is 24.7 Å². The summed E-state index contributed by atoms with van der Waals surface area (Å²) >= 11 is 5.89. The lowest BCUT2D eigenvalue weighted by molar-refractivity contribution is -0.123. The van der Waals surface area contributed by atoms with Crippen LogP contribution in [0.2, 0.25) is 5.02 Å². The van der Waals surface area contributed by atoms with Crippen molar-refractivity contribution in [2.75, 3.05) is 23.4 Å². The van der Waals surface area contributed by atoms with Gasteiger partial charge in [-0.3, -0.25) is 14.5 Å². The molecule has 23 heavy (non-hydrogen) atoms. The second kappa shape index (κ2) is 6.26. The van der Waals surface area contributed by atoms with E-state index >= 15 is 0 Å².